The van der Waals surface area contributed by atoms with E-state index in [-0.39, 0.29) is 11.0 Å². The van der Waals surface area contributed by atoms with Crippen molar-refractivity contribution in [1.29, 1.82) is 0 Å². The molecular formula is C22H29N3O3S. The lowest BCUT2D eigenvalue weighted by Gasteiger charge is -2.37. The van der Waals surface area contributed by atoms with Gasteiger partial charge in [0.1, 0.15) is 0 Å². The Kier molecular flexibility index (Phi) is 5.92. The van der Waals surface area contributed by atoms with E-state index in [1.54, 1.807) is 12.1 Å². The molecule has 156 valence electrons. The first-order valence-corrected chi connectivity index (χ1v) is 11.8. The molecule has 0 radical (unpaired) electrons. The Bertz CT molecular complexity index is 952. The van der Waals surface area contributed by atoms with Gasteiger partial charge in [0.05, 0.1) is 17.6 Å². The van der Waals surface area contributed by atoms with Gasteiger partial charge in [-0.05, 0) is 55.2 Å². The van der Waals surface area contributed by atoms with Crippen molar-refractivity contribution in [3.05, 3.63) is 59.2 Å². The SMILES string of the molecule is Cc1ccc2c(c1)CCOC2CCN1CCN(c2ccc(S(N)(=O)=O)cc2)CC1. The Labute approximate surface area is 173 Å². The van der Waals surface area contributed by atoms with Crippen molar-refractivity contribution in [2.75, 3.05) is 44.2 Å². The normalized spacial score (nSPS) is 20.5. The number of ether oxygens (including phenoxy) is 1. The van der Waals surface area contributed by atoms with Crippen LogP contribution in [-0.4, -0.2) is 52.6 Å². The Morgan fingerprint density at radius 2 is 1.79 bits per heavy atom. The minimum atomic E-state index is -3.64. The number of rotatable bonds is 5. The summed E-state index contributed by atoms with van der Waals surface area (Å²) in [7, 11) is -3.64. The molecule has 1 fully saturated rings. The van der Waals surface area contributed by atoms with Crippen LogP contribution in [0.25, 0.3) is 0 Å². The molecule has 0 spiro atoms. The zero-order valence-electron chi connectivity index (χ0n) is 16.9. The van der Waals surface area contributed by atoms with Crippen LogP contribution in [0, 0.1) is 6.92 Å². The Morgan fingerprint density at radius 1 is 1.07 bits per heavy atom. The summed E-state index contributed by atoms with van der Waals surface area (Å²) in [6, 6.07) is 13.5. The van der Waals surface area contributed by atoms with E-state index in [2.05, 4.69) is 34.9 Å². The number of primary sulfonamides is 1. The fourth-order valence-electron chi connectivity index (χ4n) is 4.28. The van der Waals surface area contributed by atoms with E-state index in [9.17, 15) is 8.42 Å². The van der Waals surface area contributed by atoms with E-state index in [1.807, 2.05) is 12.1 Å². The zero-order valence-corrected chi connectivity index (χ0v) is 17.7. The predicted molar refractivity (Wildman–Crippen MR) is 115 cm³/mol. The zero-order chi connectivity index (χ0) is 20.4. The molecule has 0 bridgehead atoms. The maximum atomic E-state index is 11.4. The molecule has 1 unspecified atom stereocenters. The van der Waals surface area contributed by atoms with Crippen molar-refractivity contribution >= 4 is 15.7 Å². The lowest BCUT2D eigenvalue weighted by molar-refractivity contribution is 0.0289. The van der Waals surface area contributed by atoms with Crippen LogP contribution in [-0.2, 0) is 21.2 Å². The highest BCUT2D eigenvalue weighted by Gasteiger charge is 2.23. The molecule has 6 nitrogen and oxygen atoms in total. The molecular weight excluding hydrogens is 386 g/mol. The number of nitrogens with zero attached hydrogens (tertiary/aromatic N) is 2. The van der Waals surface area contributed by atoms with E-state index in [1.165, 1.54) is 16.7 Å². The summed E-state index contributed by atoms with van der Waals surface area (Å²) in [6.45, 7) is 7.81. The summed E-state index contributed by atoms with van der Waals surface area (Å²) < 4.78 is 28.9. The van der Waals surface area contributed by atoms with Crippen molar-refractivity contribution < 1.29 is 13.2 Å². The maximum absolute atomic E-state index is 11.4. The third kappa shape index (κ3) is 4.80. The van der Waals surface area contributed by atoms with Gasteiger partial charge in [-0.1, -0.05) is 23.8 Å². The number of nitrogens with two attached hydrogens (primary N) is 1. The molecule has 0 saturated carbocycles. The molecule has 2 N–H and O–H groups in total. The van der Waals surface area contributed by atoms with E-state index in [0.717, 1.165) is 57.9 Å². The molecule has 0 amide bonds. The lowest BCUT2D eigenvalue weighted by atomic mass is 9.94. The van der Waals surface area contributed by atoms with E-state index < -0.39 is 10.0 Å². The van der Waals surface area contributed by atoms with Crippen molar-refractivity contribution in [2.24, 2.45) is 5.14 Å². The first-order valence-electron chi connectivity index (χ1n) is 10.2. The number of sulfonamides is 1. The summed E-state index contributed by atoms with van der Waals surface area (Å²) in [5.41, 5.74) is 5.15. The van der Waals surface area contributed by atoms with Crippen LogP contribution in [0.15, 0.2) is 47.4 Å². The van der Waals surface area contributed by atoms with Crippen molar-refractivity contribution in [2.45, 2.75) is 30.8 Å². The molecule has 29 heavy (non-hydrogen) atoms. The highest BCUT2D eigenvalue weighted by Crippen LogP contribution is 2.30. The highest BCUT2D eigenvalue weighted by atomic mass is 32.2. The molecule has 2 aliphatic rings. The van der Waals surface area contributed by atoms with Gasteiger partial charge in [0.25, 0.3) is 0 Å². The van der Waals surface area contributed by atoms with Crippen molar-refractivity contribution in [3.8, 4) is 0 Å². The van der Waals surface area contributed by atoms with Crippen LogP contribution in [0.1, 0.15) is 29.2 Å². The van der Waals surface area contributed by atoms with E-state index in [4.69, 9.17) is 9.88 Å². The van der Waals surface area contributed by atoms with Crippen LogP contribution < -0.4 is 10.0 Å². The van der Waals surface area contributed by atoms with Gasteiger partial charge < -0.3 is 9.64 Å². The Hall–Kier alpha value is -1.93. The topological polar surface area (TPSA) is 75.9 Å². The number of piperazine rings is 1. The second-order valence-electron chi connectivity index (χ2n) is 7.97. The van der Waals surface area contributed by atoms with Gasteiger partial charge in [-0.15, -0.1) is 0 Å². The maximum Gasteiger partial charge on any atom is 0.238 e. The van der Waals surface area contributed by atoms with Gasteiger partial charge in [-0.25, -0.2) is 13.6 Å². The summed E-state index contributed by atoms with van der Waals surface area (Å²) >= 11 is 0. The second-order valence-corrected chi connectivity index (χ2v) is 9.53. The fourth-order valence-corrected chi connectivity index (χ4v) is 4.80. The molecule has 4 rings (SSSR count). The standard InChI is InChI=1S/C22H29N3O3S/c1-17-2-7-21-18(16-17)9-15-28-22(21)8-10-24-11-13-25(14-12-24)19-3-5-20(6-4-19)29(23,26)27/h2-7,16,22H,8-15H2,1H3,(H2,23,26,27). The van der Waals surface area contributed by atoms with E-state index in [0.29, 0.717) is 0 Å². The van der Waals surface area contributed by atoms with Crippen LogP contribution in [0.4, 0.5) is 5.69 Å². The molecule has 2 heterocycles. The number of hydrogen-bond donors (Lipinski definition) is 1. The first-order chi connectivity index (χ1) is 13.9. The monoisotopic (exact) mass is 415 g/mol. The molecule has 0 aromatic heterocycles. The van der Waals surface area contributed by atoms with Gasteiger partial charge in [-0.2, -0.15) is 0 Å². The first kappa shape index (κ1) is 20.3. The lowest BCUT2D eigenvalue weighted by Crippen LogP contribution is -2.47. The molecule has 2 aromatic rings. The molecule has 7 heteroatoms. The minimum Gasteiger partial charge on any atom is -0.373 e. The predicted octanol–water partition coefficient (Wildman–Crippen LogP) is 2.47. The summed E-state index contributed by atoms with van der Waals surface area (Å²) in [5.74, 6) is 0. The smallest absolute Gasteiger partial charge is 0.238 e. The van der Waals surface area contributed by atoms with Gasteiger partial charge in [0.15, 0.2) is 0 Å². The second kappa shape index (κ2) is 8.44. The number of aryl methyl sites for hydroxylation is 1. The molecule has 0 aliphatic carbocycles. The number of fused-ring (bicyclic) bond motifs is 1. The van der Waals surface area contributed by atoms with Gasteiger partial charge in [-0.3, -0.25) is 4.90 Å². The summed E-state index contributed by atoms with van der Waals surface area (Å²) in [5, 5.41) is 5.18. The largest absolute Gasteiger partial charge is 0.373 e. The average molecular weight is 416 g/mol. The van der Waals surface area contributed by atoms with Crippen LogP contribution in [0.3, 0.4) is 0 Å². The summed E-state index contributed by atoms with van der Waals surface area (Å²) in [4.78, 5) is 4.93. The quantitative estimate of drug-likeness (QED) is 0.812. The minimum absolute atomic E-state index is 0.155. The Morgan fingerprint density at radius 3 is 2.48 bits per heavy atom. The third-order valence-electron chi connectivity index (χ3n) is 5.95. The van der Waals surface area contributed by atoms with Crippen LogP contribution in [0.5, 0.6) is 0 Å². The molecule has 1 saturated heterocycles. The van der Waals surface area contributed by atoms with Gasteiger partial charge >= 0.3 is 0 Å². The average Bonchev–Trinajstić information content (AvgIpc) is 2.72. The molecule has 1 atom stereocenters. The van der Waals surface area contributed by atoms with Gasteiger partial charge in [0, 0.05) is 38.4 Å². The van der Waals surface area contributed by atoms with Gasteiger partial charge in [0.2, 0.25) is 10.0 Å². The van der Waals surface area contributed by atoms with Crippen molar-refractivity contribution in [3.63, 3.8) is 0 Å². The van der Waals surface area contributed by atoms with Crippen molar-refractivity contribution in [1.82, 2.24) is 4.90 Å². The Balaban J connectivity index is 1.30. The number of benzene rings is 2. The molecule has 2 aliphatic heterocycles. The van der Waals surface area contributed by atoms with Crippen LogP contribution >= 0.6 is 0 Å². The number of hydrogen-bond acceptors (Lipinski definition) is 5. The summed E-state index contributed by atoms with van der Waals surface area (Å²) in [6.07, 6.45) is 2.22. The van der Waals surface area contributed by atoms with Crippen LogP contribution in [0.2, 0.25) is 0 Å². The van der Waals surface area contributed by atoms with E-state index >= 15 is 0 Å². The number of anilines is 1. The highest BCUT2D eigenvalue weighted by molar-refractivity contribution is 7.89. The third-order valence-corrected chi connectivity index (χ3v) is 6.88. The fraction of sp³-hybridized carbons (Fsp3) is 0.455. The molecule has 2 aromatic carbocycles.